The summed E-state index contributed by atoms with van der Waals surface area (Å²) in [6.07, 6.45) is 2.25. The molecule has 2 aromatic heterocycles. The number of aromatic nitrogens is 3. The van der Waals surface area contributed by atoms with Crippen LogP contribution in [-0.4, -0.2) is 45.5 Å². The van der Waals surface area contributed by atoms with E-state index in [4.69, 9.17) is 11.5 Å². The van der Waals surface area contributed by atoms with Crippen molar-refractivity contribution in [2.24, 2.45) is 12.8 Å². The number of benzene rings is 1. The van der Waals surface area contributed by atoms with E-state index in [1.54, 1.807) is 11.9 Å². The SMILES string of the molecule is Cn1ncc(NC(=O)c2nc(-c3c(F)cccc3F)sc2N)c1N1CCC(N)CC(C)(F)C1. The van der Waals surface area contributed by atoms with Gasteiger partial charge in [-0.25, -0.2) is 18.2 Å². The molecule has 1 aliphatic rings. The van der Waals surface area contributed by atoms with Gasteiger partial charge in [0.1, 0.15) is 33.0 Å². The lowest BCUT2D eigenvalue weighted by atomic mass is 9.99. The fourth-order valence-corrected chi connectivity index (χ4v) is 4.95. The van der Waals surface area contributed by atoms with E-state index in [0.717, 1.165) is 23.5 Å². The monoisotopic (exact) mass is 479 g/mol. The molecule has 2 unspecified atom stereocenters. The van der Waals surface area contributed by atoms with E-state index in [1.165, 1.54) is 23.9 Å². The molecule has 176 valence electrons. The molecule has 3 heterocycles. The van der Waals surface area contributed by atoms with E-state index in [1.807, 2.05) is 0 Å². The fraction of sp³-hybridized carbons (Fsp3) is 0.381. The Kier molecular flexibility index (Phi) is 6.06. The summed E-state index contributed by atoms with van der Waals surface area (Å²) in [5, 5.41) is 6.85. The molecule has 0 aliphatic carbocycles. The lowest BCUT2D eigenvalue weighted by molar-refractivity contribution is 0.102. The molecule has 1 fully saturated rings. The molecule has 2 atom stereocenters. The van der Waals surface area contributed by atoms with Crippen LogP contribution >= 0.6 is 11.3 Å². The Labute approximate surface area is 192 Å². The number of hydrogen-bond acceptors (Lipinski definition) is 7. The summed E-state index contributed by atoms with van der Waals surface area (Å²) < 4.78 is 44.8. The Balaban J connectivity index is 1.62. The van der Waals surface area contributed by atoms with Gasteiger partial charge in [-0.3, -0.25) is 9.48 Å². The third-order valence-electron chi connectivity index (χ3n) is 5.48. The smallest absolute Gasteiger partial charge is 0.277 e. The van der Waals surface area contributed by atoms with Crippen molar-refractivity contribution in [3.05, 3.63) is 41.7 Å². The maximum atomic E-state index is 15.0. The molecule has 0 saturated carbocycles. The molecule has 0 radical (unpaired) electrons. The number of nitrogens with two attached hydrogens (primary N) is 2. The van der Waals surface area contributed by atoms with Gasteiger partial charge in [-0.1, -0.05) is 17.4 Å². The predicted octanol–water partition coefficient (Wildman–Crippen LogP) is 3.31. The summed E-state index contributed by atoms with van der Waals surface area (Å²) in [7, 11) is 1.68. The second-order valence-electron chi connectivity index (χ2n) is 8.38. The Morgan fingerprint density at radius 3 is 2.73 bits per heavy atom. The highest BCUT2D eigenvalue weighted by atomic mass is 32.1. The van der Waals surface area contributed by atoms with Crippen LogP contribution in [0.4, 0.5) is 29.7 Å². The zero-order chi connectivity index (χ0) is 23.9. The second kappa shape index (κ2) is 8.67. The van der Waals surface area contributed by atoms with Crippen molar-refractivity contribution in [1.29, 1.82) is 0 Å². The molecule has 33 heavy (non-hydrogen) atoms. The standard InChI is InChI=1S/C21H24F3N7OS/c1-21(24)8-11(25)6-7-31(10-21)20-14(9-27-30(20)2)28-18(32)16-17(26)33-19(29-16)15-12(22)4-3-5-13(15)23/h3-5,9,11H,6-8,10,25-26H2,1-2H3,(H,28,32). The molecule has 4 rings (SSSR count). The minimum atomic E-state index is -1.51. The van der Waals surface area contributed by atoms with E-state index < -0.39 is 23.2 Å². The van der Waals surface area contributed by atoms with Crippen molar-refractivity contribution in [1.82, 2.24) is 14.8 Å². The number of amides is 1. The lowest BCUT2D eigenvalue weighted by Gasteiger charge is -2.29. The van der Waals surface area contributed by atoms with Gasteiger partial charge in [-0.15, -0.1) is 0 Å². The predicted molar refractivity (Wildman–Crippen MR) is 122 cm³/mol. The number of hydrogen-bond donors (Lipinski definition) is 3. The zero-order valence-electron chi connectivity index (χ0n) is 18.1. The highest BCUT2D eigenvalue weighted by Gasteiger charge is 2.34. The van der Waals surface area contributed by atoms with Crippen molar-refractivity contribution in [3.8, 4) is 10.6 Å². The normalized spacial score (nSPS) is 21.2. The third-order valence-corrected chi connectivity index (χ3v) is 6.38. The first-order valence-electron chi connectivity index (χ1n) is 10.3. The molecule has 0 bridgehead atoms. The Bertz CT molecular complexity index is 1170. The summed E-state index contributed by atoms with van der Waals surface area (Å²) in [5.74, 6) is -1.77. The van der Waals surface area contributed by atoms with Gasteiger partial charge in [0.15, 0.2) is 11.5 Å². The van der Waals surface area contributed by atoms with Crippen molar-refractivity contribution < 1.29 is 18.0 Å². The fourth-order valence-electron chi connectivity index (χ4n) is 4.07. The molecular formula is C21H24F3N7OS. The molecule has 1 amide bonds. The van der Waals surface area contributed by atoms with Gasteiger partial charge in [0, 0.05) is 19.6 Å². The number of thiazole rings is 1. The molecule has 1 aromatic carbocycles. The number of anilines is 3. The second-order valence-corrected chi connectivity index (χ2v) is 9.41. The molecule has 3 aromatic rings. The number of nitrogens with one attached hydrogen (secondary N) is 1. The number of nitrogen functional groups attached to an aromatic ring is 1. The van der Waals surface area contributed by atoms with Crippen molar-refractivity contribution in [3.63, 3.8) is 0 Å². The molecule has 8 nitrogen and oxygen atoms in total. The van der Waals surface area contributed by atoms with Gasteiger partial charge in [0.25, 0.3) is 5.91 Å². The van der Waals surface area contributed by atoms with Gasteiger partial charge in [-0.2, -0.15) is 5.10 Å². The summed E-state index contributed by atoms with van der Waals surface area (Å²) >= 11 is 0.806. The van der Waals surface area contributed by atoms with Crippen molar-refractivity contribution in [2.75, 3.05) is 29.0 Å². The van der Waals surface area contributed by atoms with E-state index in [2.05, 4.69) is 15.4 Å². The number of halogens is 3. The number of alkyl halides is 1. The maximum absolute atomic E-state index is 15.0. The number of aryl methyl sites for hydroxylation is 1. The van der Waals surface area contributed by atoms with E-state index >= 15 is 0 Å². The van der Waals surface area contributed by atoms with Gasteiger partial charge in [-0.05, 0) is 31.9 Å². The quantitative estimate of drug-likeness (QED) is 0.529. The Morgan fingerprint density at radius 1 is 1.33 bits per heavy atom. The first kappa shape index (κ1) is 23.1. The molecule has 1 saturated heterocycles. The highest BCUT2D eigenvalue weighted by molar-refractivity contribution is 7.19. The maximum Gasteiger partial charge on any atom is 0.277 e. The number of rotatable bonds is 4. The third kappa shape index (κ3) is 4.67. The number of carbonyl (C=O) groups is 1. The minimum Gasteiger partial charge on any atom is -0.389 e. The molecule has 1 aliphatic heterocycles. The van der Waals surface area contributed by atoms with Gasteiger partial charge < -0.3 is 21.7 Å². The molecular weight excluding hydrogens is 455 g/mol. The molecule has 5 N–H and O–H groups in total. The van der Waals surface area contributed by atoms with Crippen LogP contribution in [0.25, 0.3) is 10.6 Å². The van der Waals surface area contributed by atoms with Crippen molar-refractivity contribution >= 4 is 33.8 Å². The van der Waals surface area contributed by atoms with E-state index in [0.29, 0.717) is 24.5 Å². The molecule has 0 spiro atoms. The number of nitrogens with zero attached hydrogens (tertiary/aromatic N) is 4. The summed E-state index contributed by atoms with van der Waals surface area (Å²) in [4.78, 5) is 18.8. The molecule has 12 heteroatoms. The van der Waals surface area contributed by atoms with E-state index in [9.17, 15) is 18.0 Å². The van der Waals surface area contributed by atoms with Gasteiger partial charge >= 0.3 is 0 Å². The number of carbonyl (C=O) groups excluding carboxylic acids is 1. The average molecular weight is 480 g/mol. The highest BCUT2D eigenvalue weighted by Crippen LogP contribution is 2.35. The van der Waals surface area contributed by atoms with Crippen LogP contribution in [0.5, 0.6) is 0 Å². The first-order valence-corrected chi connectivity index (χ1v) is 11.1. The van der Waals surface area contributed by atoms with Gasteiger partial charge in [0.05, 0.1) is 18.3 Å². The Morgan fingerprint density at radius 2 is 2.03 bits per heavy atom. The van der Waals surface area contributed by atoms with Crippen LogP contribution in [0, 0.1) is 11.6 Å². The Hall–Kier alpha value is -3.12. The average Bonchev–Trinajstić information content (AvgIpc) is 3.23. The van der Waals surface area contributed by atoms with Crippen LogP contribution in [-0.2, 0) is 7.05 Å². The van der Waals surface area contributed by atoms with Gasteiger partial charge in [0.2, 0.25) is 0 Å². The summed E-state index contributed by atoms with van der Waals surface area (Å²) in [5.41, 5.74) is 10.3. The largest absolute Gasteiger partial charge is 0.389 e. The van der Waals surface area contributed by atoms with Crippen LogP contribution < -0.4 is 21.7 Å². The summed E-state index contributed by atoms with van der Waals surface area (Å²) in [6, 6.07) is 3.16. The van der Waals surface area contributed by atoms with Crippen LogP contribution in [0.15, 0.2) is 24.4 Å². The van der Waals surface area contributed by atoms with Crippen LogP contribution in [0.2, 0.25) is 0 Å². The van der Waals surface area contributed by atoms with E-state index in [-0.39, 0.29) is 40.3 Å². The minimum absolute atomic E-state index is 0.00710. The van der Waals surface area contributed by atoms with Crippen LogP contribution in [0.3, 0.4) is 0 Å². The lowest BCUT2D eigenvalue weighted by Crippen LogP contribution is -2.38. The van der Waals surface area contributed by atoms with Crippen molar-refractivity contribution in [2.45, 2.75) is 31.5 Å². The zero-order valence-corrected chi connectivity index (χ0v) is 18.9. The summed E-state index contributed by atoms with van der Waals surface area (Å²) in [6.45, 7) is 2.07. The first-order chi connectivity index (χ1) is 15.6. The topological polar surface area (TPSA) is 115 Å². The van der Waals surface area contributed by atoms with Crippen LogP contribution in [0.1, 0.15) is 30.3 Å².